The minimum absolute atomic E-state index is 0.0213. The Kier molecular flexibility index (Phi) is 33.7. The molecule has 20 rings (SSSR count). The lowest BCUT2D eigenvalue weighted by Gasteiger charge is -2.09. The number of nitrogens with zero attached hydrogens (tertiary/aromatic N) is 12. The van der Waals surface area contributed by atoms with Gasteiger partial charge in [-0.15, -0.1) is 0 Å². The highest BCUT2D eigenvalue weighted by atomic mass is 35.5. The lowest BCUT2D eigenvalue weighted by Crippen LogP contribution is -2.23. The number of hydrogen-bond acceptors (Lipinski definition) is 17. The van der Waals surface area contributed by atoms with Gasteiger partial charge in [0.05, 0.1) is 105 Å². The number of hydrogen-bond donors (Lipinski definition) is 5. The summed E-state index contributed by atoms with van der Waals surface area (Å²) in [4.78, 5) is 147. The third-order valence-corrected chi connectivity index (χ3v) is 25.6. The quantitative estimate of drug-likeness (QED) is 0.0202. The number of rotatable bonds is 25. The predicted octanol–water partition coefficient (Wildman–Crippen LogP) is 24.4. The van der Waals surface area contributed by atoms with Crippen molar-refractivity contribution in [2.75, 3.05) is 26.6 Å². The smallest absolute Gasteiger partial charge is 0.296 e. The van der Waals surface area contributed by atoms with Crippen LogP contribution in [0.3, 0.4) is 0 Å². The molecular weight excluding hydrogens is 2060 g/mol. The van der Waals surface area contributed by atoms with Crippen molar-refractivity contribution >= 4 is 219 Å². The number of carbonyl (C=O) groups excluding carboxylic acids is 10. The van der Waals surface area contributed by atoms with Gasteiger partial charge in [-0.3, -0.25) is 67.9 Å². The molecule has 15 heterocycles. The van der Waals surface area contributed by atoms with Crippen molar-refractivity contribution in [3.05, 3.63) is 500 Å². The van der Waals surface area contributed by atoms with E-state index >= 15 is 0 Å². The third kappa shape index (κ3) is 25.3. The fourth-order valence-corrected chi connectivity index (χ4v) is 17.5. The molecule has 5 N–H and O–H groups in total. The number of halogens is 9. The van der Waals surface area contributed by atoms with Crippen molar-refractivity contribution in [3.8, 4) is 12.1 Å². The van der Waals surface area contributed by atoms with E-state index < -0.39 is 58.5 Å². The average Bonchev–Trinajstić information content (AvgIpc) is 1.59. The molecule has 730 valence electrons. The van der Waals surface area contributed by atoms with E-state index in [0.29, 0.717) is 114 Å². The maximum absolute atomic E-state index is 13.0. The maximum atomic E-state index is 13.0. The minimum atomic E-state index is -0.905. The van der Waals surface area contributed by atoms with Gasteiger partial charge in [0, 0.05) is 184 Å². The largest absolute Gasteiger partial charge is 0.320 e. The number of nitriles is 2. The van der Waals surface area contributed by atoms with Crippen LogP contribution in [0.5, 0.6) is 0 Å². The second-order valence-corrected chi connectivity index (χ2v) is 36.4. The van der Waals surface area contributed by atoms with Crippen LogP contribution < -0.4 is 26.6 Å². The number of carbonyl (C=O) groups is 10. The Morgan fingerprint density at radius 3 is 0.865 bits per heavy atom. The Morgan fingerprint density at radius 1 is 0.264 bits per heavy atom. The summed E-state index contributed by atoms with van der Waals surface area (Å²) in [5.74, 6) is -7.15. The summed E-state index contributed by atoms with van der Waals surface area (Å²) in [6.45, 7) is 0. The number of aromatic nitrogens is 10. The summed E-state index contributed by atoms with van der Waals surface area (Å²) < 4.78 is 9.41. The monoisotopic (exact) mass is 2130 g/mol. The number of anilines is 5. The van der Waals surface area contributed by atoms with Crippen molar-refractivity contribution in [1.29, 1.82) is 10.5 Å². The van der Waals surface area contributed by atoms with Gasteiger partial charge < -0.3 is 48.6 Å². The van der Waals surface area contributed by atoms with Gasteiger partial charge >= 0.3 is 0 Å². The fourth-order valence-electron chi connectivity index (χ4n) is 15.9. The number of amides is 5. The van der Waals surface area contributed by atoms with Crippen LogP contribution in [0.15, 0.2) is 360 Å². The fraction of sp³-hybridized carbons (Fsp3) is 0.0446. The zero-order valence-electron chi connectivity index (χ0n) is 76.9. The standard InChI is InChI=1S/C23H13Cl3N4O2.C23H15ClN4O2.C22H13Cl4N3O2.C22H16ClN3O2.C22H17N3O2/c24-17-12-28-22(26)19(25)20(17)29-23(32)21(31)16-10-15(30-8-2-1-3-18(16)30)9-13-4-6-14(11-27)7-5-13;24-17-7-10-28-19(11-15-1-3-16(14-25)4-2-15)13-20(21(28)12-17)22(29)23(30)27-18-5-8-26-9-6-18;23-13-3-1-12(2-4-13)7-15-9-16(19-8-14(24)5-6-29(15)19)21(30)22(31)28-20-17(25)10-27-11-18(20)26;23-16-6-4-15(5-7-16)13-18-14-19(20-3-1-2-12-26(18)20)21(27)22(28)25-17-8-10-24-11-9-17;26-21(22(27)24-17-9-11-23-12-10-17)19-15-18(14-16-6-2-1-3-7-16)25-13-5-4-8-20(19)25/h1-8,10,12H,9H2,(H,28,29,32);1-10,12-13H,11H2,(H,26,27,30);1-6,8-11H,7H2,(H,27,28,31);1-12,14H,13H2,(H,24,25,28);1-13,15H,14H2,(H,23,24,27). The van der Waals surface area contributed by atoms with Crippen molar-refractivity contribution in [1.82, 2.24) is 46.9 Å². The molecule has 15 aromatic heterocycles. The van der Waals surface area contributed by atoms with Gasteiger partial charge in [-0.1, -0.05) is 201 Å². The molecule has 0 aliphatic heterocycles. The first kappa shape index (κ1) is 104. The van der Waals surface area contributed by atoms with Gasteiger partial charge in [-0.05, 0) is 204 Å². The highest BCUT2D eigenvalue weighted by molar-refractivity contribution is 6.53. The van der Waals surface area contributed by atoms with E-state index in [0.717, 1.165) is 61.8 Å². The highest BCUT2D eigenvalue weighted by Crippen LogP contribution is 2.37. The lowest BCUT2D eigenvalue weighted by atomic mass is 10.1. The van der Waals surface area contributed by atoms with Crippen LogP contribution in [0.4, 0.5) is 28.4 Å². The minimum Gasteiger partial charge on any atom is -0.320 e. The van der Waals surface area contributed by atoms with E-state index in [1.165, 1.54) is 31.0 Å². The van der Waals surface area contributed by atoms with Crippen LogP contribution >= 0.6 is 104 Å². The van der Waals surface area contributed by atoms with Crippen LogP contribution in [0, 0.1) is 22.7 Å². The molecular formula is C112H74Cl9N17O10. The normalized spacial score (nSPS) is 10.7. The van der Waals surface area contributed by atoms with Crippen molar-refractivity contribution in [2.24, 2.45) is 0 Å². The lowest BCUT2D eigenvalue weighted by molar-refractivity contribution is -0.113. The zero-order valence-corrected chi connectivity index (χ0v) is 83.8. The van der Waals surface area contributed by atoms with Gasteiger partial charge in [0.15, 0.2) is 0 Å². The van der Waals surface area contributed by atoms with E-state index in [2.05, 4.69) is 63.6 Å². The highest BCUT2D eigenvalue weighted by Gasteiger charge is 2.30. The first-order valence-corrected chi connectivity index (χ1v) is 48.1. The van der Waals surface area contributed by atoms with E-state index in [1.54, 1.807) is 177 Å². The summed E-state index contributed by atoms with van der Waals surface area (Å²) in [7, 11) is 0. The van der Waals surface area contributed by atoms with Crippen molar-refractivity contribution in [2.45, 2.75) is 32.1 Å². The number of benzene rings is 5. The molecule has 5 aromatic carbocycles. The van der Waals surface area contributed by atoms with Crippen LogP contribution in [0.25, 0.3) is 27.6 Å². The Hall–Kier alpha value is -17.1. The van der Waals surface area contributed by atoms with E-state index in [9.17, 15) is 47.9 Å². The van der Waals surface area contributed by atoms with E-state index in [-0.39, 0.29) is 53.3 Å². The maximum Gasteiger partial charge on any atom is 0.296 e. The zero-order chi connectivity index (χ0) is 104. The Balaban J connectivity index is 0.000000132. The summed E-state index contributed by atoms with van der Waals surface area (Å²) >= 11 is 54.3. The number of ketones is 5. The molecule has 0 aliphatic rings. The summed E-state index contributed by atoms with van der Waals surface area (Å²) in [6.07, 6.45) is 25.2. The molecule has 5 amide bonds. The molecule has 27 nitrogen and oxygen atoms in total. The van der Waals surface area contributed by atoms with Gasteiger partial charge in [0.1, 0.15) is 10.2 Å². The number of nitrogens with one attached hydrogen (secondary N) is 5. The Morgan fingerprint density at radius 2 is 0.541 bits per heavy atom. The Labute approximate surface area is 888 Å². The van der Waals surface area contributed by atoms with Crippen LogP contribution in [0.2, 0.25) is 45.3 Å². The molecule has 0 bridgehead atoms. The topological polar surface area (TPSA) is 365 Å². The molecule has 148 heavy (non-hydrogen) atoms. The summed E-state index contributed by atoms with van der Waals surface area (Å²) in [5.41, 5.74) is 16.9. The predicted molar refractivity (Wildman–Crippen MR) is 574 cm³/mol. The van der Waals surface area contributed by atoms with Crippen LogP contribution in [-0.4, -0.2) is 105 Å². The number of fused-ring (bicyclic) bond motifs is 5. The SMILES string of the molecule is N#Cc1ccc(Cc2cc(C(=O)C(=O)Nc3c(Cl)cnc(Cl)c3Cl)c3ccccn23)cc1.N#Cc1ccc(Cc2cc(C(=O)C(=O)Nc3ccncc3)c3cc(Cl)ccn23)cc1.O=C(Nc1c(Cl)cncc1Cl)C(=O)c1cc(Cc2ccc(Cl)cc2)n2ccc(Cl)cc12.O=C(Nc1ccncc1)C(=O)c1cc(Cc2ccc(Cl)cc2)n2ccccc12.O=C(Nc1ccncc1)C(=O)c1cc(Cc2ccccc2)n2ccccc12. The van der Waals surface area contributed by atoms with Crippen molar-refractivity contribution in [3.63, 3.8) is 0 Å². The third-order valence-electron chi connectivity index (χ3n) is 23.0. The molecule has 0 unspecified atom stereocenters. The van der Waals surface area contributed by atoms with E-state index in [1.807, 2.05) is 174 Å². The average molecular weight is 2140 g/mol. The molecule has 0 saturated carbocycles. The molecule has 20 aromatic rings. The van der Waals surface area contributed by atoms with Gasteiger partial charge in [-0.25, -0.2) is 4.98 Å². The summed E-state index contributed by atoms with van der Waals surface area (Å²) in [6, 6.07) is 85.3. The molecule has 0 spiro atoms. The van der Waals surface area contributed by atoms with Crippen LogP contribution in [0.1, 0.15) is 119 Å². The molecule has 36 heteroatoms. The molecule has 0 fully saturated rings. The molecule has 0 saturated heterocycles. The van der Waals surface area contributed by atoms with Crippen molar-refractivity contribution < 1.29 is 47.9 Å². The number of pyridine rings is 10. The summed E-state index contributed by atoms with van der Waals surface area (Å²) in [5, 5.41) is 33.1. The first-order valence-electron chi connectivity index (χ1n) is 44.7. The molecule has 0 atom stereocenters. The molecule has 0 radical (unpaired) electrons. The second kappa shape index (κ2) is 48.1. The number of Topliss-reactive ketones (excluding diaryl/α,β-unsaturated/α-hetero) is 5. The Bertz CT molecular complexity index is 8560. The van der Waals surface area contributed by atoms with Gasteiger partial charge in [0.25, 0.3) is 58.5 Å². The van der Waals surface area contributed by atoms with Gasteiger partial charge in [0.2, 0.25) is 0 Å². The molecule has 0 aliphatic carbocycles. The van der Waals surface area contributed by atoms with E-state index in [4.69, 9.17) is 115 Å². The first-order chi connectivity index (χ1) is 71.6. The second-order valence-electron chi connectivity index (χ2n) is 32.7. The van der Waals surface area contributed by atoms with Crippen LogP contribution in [-0.2, 0) is 56.1 Å². The van der Waals surface area contributed by atoms with Gasteiger partial charge in [-0.2, -0.15) is 10.5 Å².